The molecule has 1 N–H and O–H groups in total. The third kappa shape index (κ3) is 3.35. The highest BCUT2D eigenvalue weighted by atomic mass is 16.3. The summed E-state index contributed by atoms with van der Waals surface area (Å²) in [6.45, 7) is 5.12. The smallest absolute Gasteiger partial charge is 0.0999 e. The summed E-state index contributed by atoms with van der Waals surface area (Å²) in [5, 5.41) is 22.2. The molecular formula is C19H23N7O. The Labute approximate surface area is 157 Å². The molecule has 0 fully saturated rings. The fraction of sp³-hybridized carbons (Fsp3) is 0.368. The van der Waals surface area contributed by atoms with E-state index in [1.54, 1.807) is 12.4 Å². The summed E-state index contributed by atoms with van der Waals surface area (Å²) in [6, 6.07) is 2.30. The molecule has 0 aliphatic carbocycles. The van der Waals surface area contributed by atoms with Crippen LogP contribution < -0.4 is 0 Å². The van der Waals surface area contributed by atoms with Crippen molar-refractivity contribution >= 4 is 5.52 Å². The van der Waals surface area contributed by atoms with Crippen LogP contribution in [0.5, 0.6) is 0 Å². The number of fused-ring (bicyclic) bond motifs is 1. The van der Waals surface area contributed by atoms with E-state index in [0.717, 1.165) is 34.5 Å². The molecule has 8 heteroatoms. The Bertz CT molecular complexity index is 1050. The number of aryl methyl sites for hydroxylation is 1. The lowest BCUT2D eigenvalue weighted by atomic mass is 10.2. The largest absolute Gasteiger partial charge is 0.396 e. The van der Waals surface area contributed by atoms with Crippen molar-refractivity contribution in [2.75, 3.05) is 6.61 Å². The second kappa shape index (κ2) is 7.32. The van der Waals surface area contributed by atoms with E-state index in [1.165, 1.54) is 0 Å². The average Bonchev–Trinajstić information content (AvgIpc) is 3.44. The maximum atomic E-state index is 8.99. The van der Waals surface area contributed by atoms with Gasteiger partial charge in [-0.2, -0.15) is 15.3 Å². The van der Waals surface area contributed by atoms with Crippen molar-refractivity contribution < 1.29 is 5.11 Å². The fourth-order valence-electron chi connectivity index (χ4n) is 3.02. The molecule has 27 heavy (non-hydrogen) atoms. The molecule has 140 valence electrons. The molecule has 1 atom stereocenters. The minimum absolute atomic E-state index is 0.150. The highest BCUT2D eigenvalue weighted by molar-refractivity contribution is 5.78. The number of hydrogen-bond donors (Lipinski definition) is 1. The zero-order valence-corrected chi connectivity index (χ0v) is 15.5. The lowest BCUT2D eigenvalue weighted by molar-refractivity contribution is 0.277. The van der Waals surface area contributed by atoms with Gasteiger partial charge >= 0.3 is 0 Å². The first-order chi connectivity index (χ1) is 13.2. The third-order valence-corrected chi connectivity index (χ3v) is 4.78. The minimum atomic E-state index is 0.150. The van der Waals surface area contributed by atoms with Crippen molar-refractivity contribution in [3.8, 4) is 22.5 Å². The van der Waals surface area contributed by atoms with Crippen molar-refractivity contribution in [1.82, 2.24) is 34.2 Å². The van der Waals surface area contributed by atoms with Crippen LogP contribution in [0.3, 0.4) is 0 Å². The van der Waals surface area contributed by atoms with Gasteiger partial charge in [0.1, 0.15) is 0 Å². The van der Waals surface area contributed by atoms with Gasteiger partial charge in [-0.05, 0) is 25.8 Å². The van der Waals surface area contributed by atoms with Crippen molar-refractivity contribution in [2.45, 2.75) is 39.3 Å². The quantitative estimate of drug-likeness (QED) is 0.544. The maximum absolute atomic E-state index is 8.99. The number of nitrogens with zero attached hydrogens (tertiary/aromatic N) is 7. The zero-order valence-electron chi connectivity index (χ0n) is 15.5. The Kier molecular flexibility index (Phi) is 4.72. The first kappa shape index (κ1) is 17.4. The van der Waals surface area contributed by atoms with Crippen molar-refractivity contribution in [2.24, 2.45) is 0 Å². The highest BCUT2D eigenvalue weighted by Gasteiger charge is 2.14. The summed E-state index contributed by atoms with van der Waals surface area (Å²) in [6.07, 6.45) is 13.0. The predicted molar refractivity (Wildman–Crippen MR) is 102 cm³/mol. The first-order valence-corrected chi connectivity index (χ1v) is 9.22. The van der Waals surface area contributed by atoms with Crippen LogP contribution in [0, 0.1) is 0 Å². The summed E-state index contributed by atoms with van der Waals surface area (Å²) in [7, 11) is 0. The SMILES string of the molecule is CCC(C)n1cc(-c2nc(-c3cnn(CCCO)c3)cn3nccc23)cn1. The molecule has 8 nitrogen and oxygen atoms in total. The van der Waals surface area contributed by atoms with Gasteiger partial charge in [0, 0.05) is 42.7 Å². The number of aliphatic hydroxyl groups is 1. The summed E-state index contributed by atoms with van der Waals surface area (Å²) in [5.74, 6) is 0. The second-order valence-electron chi connectivity index (χ2n) is 6.67. The van der Waals surface area contributed by atoms with Gasteiger partial charge in [0.25, 0.3) is 0 Å². The summed E-state index contributed by atoms with van der Waals surface area (Å²) < 4.78 is 5.63. The molecule has 1 unspecified atom stereocenters. The molecule has 0 bridgehead atoms. The van der Waals surface area contributed by atoms with Gasteiger partial charge in [0.05, 0.1) is 41.7 Å². The van der Waals surface area contributed by atoms with Crippen LogP contribution in [-0.2, 0) is 6.54 Å². The minimum Gasteiger partial charge on any atom is -0.396 e. The molecule has 0 radical (unpaired) electrons. The predicted octanol–water partition coefficient (Wildman–Crippen LogP) is 2.81. The average molecular weight is 365 g/mol. The third-order valence-electron chi connectivity index (χ3n) is 4.78. The van der Waals surface area contributed by atoms with Gasteiger partial charge < -0.3 is 5.11 Å². The van der Waals surface area contributed by atoms with E-state index in [9.17, 15) is 0 Å². The molecule has 4 rings (SSSR count). The summed E-state index contributed by atoms with van der Waals surface area (Å²) >= 11 is 0. The number of hydrogen-bond acceptors (Lipinski definition) is 5. The monoisotopic (exact) mass is 365 g/mol. The van der Waals surface area contributed by atoms with Crippen LogP contribution in [0.25, 0.3) is 28.0 Å². The molecule has 4 aromatic heterocycles. The van der Waals surface area contributed by atoms with Crippen molar-refractivity contribution in [3.05, 3.63) is 43.2 Å². The molecule has 0 spiro atoms. The molecule has 0 aliphatic heterocycles. The topological polar surface area (TPSA) is 86.1 Å². The first-order valence-electron chi connectivity index (χ1n) is 9.22. The zero-order chi connectivity index (χ0) is 18.8. The Hall–Kier alpha value is -3.00. The van der Waals surface area contributed by atoms with Gasteiger partial charge in [-0.3, -0.25) is 9.36 Å². The molecule has 0 amide bonds. The lowest BCUT2D eigenvalue weighted by Crippen LogP contribution is -2.03. The Morgan fingerprint density at radius 1 is 1.07 bits per heavy atom. The van der Waals surface area contributed by atoms with Crippen LogP contribution in [0.2, 0.25) is 0 Å². The van der Waals surface area contributed by atoms with Gasteiger partial charge in [-0.15, -0.1) is 0 Å². The van der Waals surface area contributed by atoms with E-state index in [1.807, 2.05) is 44.7 Å². The van der Waals surface area contributed by atoms with E-state index in [-0.39, 0.29) is 6.61 Å². The fourth-order valence-corrected chi connectivity index (χ4v) is 3.02. The second-order valence-corrected chi connectivity index (χ2v) is 6.67. The Morgan fingerprint density at radius 2 is 1.93 bits per heavy atom. The van der Waals surface area contributed by atoms with Crippen LogP contribution in [0.1, 0.15) is 32.7 Å². The molecule has 4 aromatic rings. The van der Waals surface area contributed by atoms with Crippen LogP contribution >= 0.6 is 0 Å². The number of aliphatic hydroxyl groups excluding tert-OH is 1. The van der Waals surface area contributed by atoms with Gasteiger partial charge in [0.2, 0.25) is 0 Å². The van der Waals surface area contributed by atoms with Gasteiger partial charge in [-0.25, -0.2) is 9.50 Å². The standard InChI is InChI=1S/C19H23N7O/c1-3-14(2)25-12-16(10-22-25)19-18-5-6-20-26(18)13-17(23-19)15-9-21-24(11-15)7-4-8-27/h5-6,9-14,27H,3-4,7-8H2,1-2H3. The van der Waals surface area contributed by atoms with E-state index in [0.29, 0.717) is 19.0 Å². The molecule has 0 aliphatic rings. The molecule has 0 saturated heterocycles. The van der Waals surface area contributed by atoms with E-state index in [4.69, 9.17) is 10.1 Å². The van der Waals surface area contributed by atoms with E-state index >= 15 is 0 Å². The molecule has 0 aromatic carbocycles. The molecular weight excluding hydrogens is 342 g/mol. The maximum Gasteiger partial charge on any atom is 0.0999 e. The van der Waals surface area contributed by atoms with Crippen molar-refractivity contribution in [1.29, 1.82) is 0 Å². The van der Waals surface area contributed by atoms with Crippen molar-refractivity contribution in [3.63, 3.8) is 0 Å². The normalized spacial score (nSPS) is 12.7. The Morgan fingerprint density at radius 3 is 2.74 bits per heavy atom. The number of rotatable bonds is 7. The van der Waals surface area contributed by atoms with Crippen LogP contribution in [-0.4, -0.2) is 45.9 Å². The van der Waals surface area contributed by atoms with Gasteiger partial charge in [0.15, 0.2) is 0 Å². The molecule has 0 saturated carbocycles. The lowest BCUT2D eigenvalue weighted by Gasteiger charge is -2.08. The summed E-state index contributed by atoms with van der Waals surface area (Å²) in [5.41, 5.74) is 4.47. The molecule has 4 heterocycles. The van der Waals surface area contributed by atoms with Crippen LogP contribution in [0.4, 0.5) is 0 Å². The van der Waals surface area contributed by atoms with Gasteiger partial charge in [-0.1, -0.05) is 6.92 Å². The van der Waals surface area contributed by atoms with E-state index < -0.39 is 0 Å². The Balaban J connectivity index is 1.76. The number of aromatic nitrogens is 7. The van der Waals surface area contributed by atoms with E-state index in [2.05, 4.69) is 29.1 Å². The highest BCUT2D eigenvalue weighted by Crippen LogP contribution is 2.27. The van der Waals surface area contributed by atoms with Crippen LogP contribution in [0.15, 0.2) is 43.2 Å². The summed E-state index contributed by atoms with van der Waals surface area (Å²) in [4.78, 5) is 4.89.